The van der Waals surface area contributed by atoms with Gasteiger partial charge in [0.15, 0.2) is 5.69 Å². The molecule has 0 bridgehead atoms. The van der Waals surface area contributed by atoms with Gasteiger partial charge in [0, 0.05) is 12.1 Å². The third-order valence-corrected chi connectivity index (χ3v) is 4.17. The zero-order valence-electron chi connectivity index (χ0n) is 15.9. The Hall–Kier alpha value is -3.14. The van der Waals surface area contributed by atoms with Gasteiger partial charge in [-0.3, -0.25) is 9.36 Å². The summed E-state index contributed by atoms with van der Waals surface area (Å²) < 4.78 is 6.58. The van der Waals surface area contributed by atoms with Gasteiger partial charge in [-0.15, -0.1) is 5.11 Å². The molecular weight excluding hydrogens is 344 g/mol. The molecule has 0 amide bonds. The van der Waals surface area contributed by atoms with E-state index in [1.165, 1.54) is 4.57 Å². The van der Waals surface area contributed by atoms with Gasteiger partial charge in [-0.2, -0.15) is 10.4 Å². The fourth-order valence-electron chi connectivity index (χ4n) is 2.67. The van der Waals surface area contributed by atoms with Gasteiger partial charge < -0.3 is 9.84 Å². The SMILES string of the molecule is CCCCCn1c(O)c(C#N)c(C)c(N=Nc2ccc(OCC)cc2)c1=O. The van der Waals surface area contributed by atoms with E-state index in [9.17, 15) is 15.2 Å². The first-order chi connectivity index (χ1) is 13.0. The fourth-order valence-corrected chi connectivity index (χ4v) is 2.67. The average Bonchev–Trinajstić information content (AvgIpc) is 2.66. The number of benzene rings is 1. The van der Waals surface area contributed by atoms with Crippen molar-refractivity contribution in [3.8, 4) is 17.7 Å². The summed E-state index contributed by atoms with van der Waals surface area (Å²) in [5.41, 5.74) is 0.541. The fraction of sp³-hybridized carbons (Fsp3) is 0.400. The standard InChI is InChI=1S/C20H24N4O3/c1-4-6-7-12-24-19(25)17(13-21)14(3)18(20(24)26)23-22-15-8-10-16(11-9-15)27-5-2/h8-11,25H,4-7,12H2,1-3H3. The molecule has 0 fully saturated rings. The molecule has 2 rings (SSSR count). The maximum absolute atomic E-state index is 12.8. The number of nitriles is 1. The third kappa shape index (κ3) is 4.73. The molecular formula is C20H24N4O3. The Labute approximate surface area is 158 Å². The topological polar surface area (TPSA) is 100.0 Å². The lowest BCUT2D eigenvalue weighted by Gasteiger charge is -2.12. The van der Waals surface area contributed by atoms with Crippen LogP contribution in [0.4, 0.5) is 11.4 Å². The van der Waals surface area contributed by atoms with Crippen molar-refractivity contribution in [3.05, 3.63) is 45.7 Å². The van der Waals surface area contributed by atoms with Crippen LogP contribution in [0.3, 0.4) is 0 Å². The molecule has 7 nitrogen and oxygen atoms in total. The first kappa shape index (κ1) is 20.2. The van der Waals surface area contributed by atoms with Crippen LogP contribution in [0.15, 0.2) is 39.3 Å². The lowest BCUT2D eigenvalue weighted by molar-refractivity contribution is 0.340. The van der Waals surface area contributed by atoms with E-state index in [2.05, 4.69) is 17.2 Å². The monoisotopic (exact) mass is 368 g/mol. The third-order valence-electron chi connectivity index (χ3n) is 4.17. The van der Waals surface area contributed by atoms with Crippen LogP contribution in [0.2, 0.25) is 0 Å². The Kier molecular flexibility index (Phi) is 7.12. The molecule has 0 atom stereocenters. The Morgan fingerprint density at radius 1 is 1.19 bits per heavy atom. The minimum Gasteiger partial charge on any atom is -0.494 e. The summed E-state index contributed by atoms with van der Waals surface area (Å²) in [6.45, 7) is 6.44. The molecule has 1 heterocycles. The second kappa shape index (κ2) is 9.53. The van der Waals surface area contributed by atoms with Crippen molar-refractivity contribution in [2.75, 3.05) is 6.61 Å². The molecule has 1 aromatic carbocycles. The van der Waals surface area contributed by atoms with Gasteiger partial charge in [-0.1, -0.05) is 19.8 Å². The lowest BCUT2D eigenvalue weighted by atomic mass is 10.1. The van der Waals surface area contributed by atoms with Crippen LogP contribution in [-0.2, 0) is 6.54 Å². The van der Waals surface area contributed by atoms with Gasteiger partial charge in [0.2, 0.25) is 5.88 Å². The Bertz CT molecular complexity index is 909. The second-order valence-electron chi connectivity index (χ2n) is 6.07. The van der Waals surface area contributed by atoms with E-state index in [-0.39, 0.29) is 17.1 Å². The first-order valence-corrected chi connectivity index (χ1v) is 9.04. The maximum Gasteiger partial charge on any atom is 0.281 e. The molecule has 27 heavy (non-hydrogen) atoms. The van der Waals surface area contributed by atoms with Crippen LogP contribution in [0.25, 0.3) is 0 Å². The predicted molar refractivity (Wildman–Crippen MR) is 103 cm³/mol. The lowest BCUT2D eigenvalue weighted by Crippen LogP contribution is -2.22. The molecule has 0 aliphatic carbocycles. The summed E-state index contributed by atoms with van der Waals surface area (Å²) >= 11 is 0. The number of aromatic nitrogens is 1. The van der Waals surface area contributed by atoms with Crippen molar-refractivity contribution in [1.82, 2.24) is 4.57 Å². The van der Waals surface area contributed by atoms with Gasteiger partial charge in [-0.25, -0.2) is 0 Å². The molecule has 0 saturated carbocycles. The summed E-state index contributed by atoms with van der Waals surface area (Å²) in [5, 5.41) is 27.8. The molecule has 0 radical (unpaired) electrons. The zero-order valence-corrected chi connectivity index (χ0v) is 15.9. The average molecular weight is 368 g/mol. The van der Waals surface area contributed by atoms with Gasteiger partial charge in [0.05, 0.1) is 12.3 Å². The molecule has 1 aromatic heterocycles. The summed E-state index contributed by atoms with van der Waals surface area (Å²) in [5.74, 6) is 0.415. The summed E-state index contributed by atoms with van der Waals surface area (Å²) in [6.07, 6.45) is 2.63. The molecule has 0 spiro atoms. The summed E-state index contributed by atoms with van der Waals surface area (Å²) in [6, 6.07) is 8.95. The van der Waals surface area contributed by atoms with Crippen molar-refractivity contribution in [3.63, 3.8) is 0 Å². The number of hydrogen-bond donors (Lipinski definition) is 1. The largest absolute Gasteiger partial charge is 0.494 e. The smallest absolute Gasteiger partial charge is 0.281 e. The van der Waals surface area contributed by atoms with Gasteiger partial charge in [0.25, 0.3) is 5.56 Å². The van der Waals surface area contributed by atoms with E-state index in [1.54, 1.807) is 31.2 Å². The predicted octanol–water partition coefficient (Wildman–Crippen LogP) is 4.74. The van der Waals surface area contributed by atoms with Gasteiger partial charge in [0.1, 0.15) is 17.4 Å². The molecule has 1 N–H and O–H groups in total. The number of rotatable bonds is 8. The van der Waals surface area contributed by atoms with E-state index < -0.39 is 5.56 Å². The molecule has 0 aliphatic heterocycles. The highest BCUT2D eigenvalue weighted by atomic mass is 16.5. The van der Waals surface area contributed by atoms with Gasteiger partial charge in [-0.05, 0) is 44.5 Å². The van der Waals surface area contributed by atoms with Crippen LogP contribution < -0.4 is 10.3 Å². The van der Waals surface area contributed by atoms with Crippen molar-refractivity contribution in [2.45, 2.75) is 46.6 Å². The highest BCUT2D eigenvalue weighted by Crippen LogP contribution is 2.27. The number of aromatic hydroxyl groups is 1. The molecule has 2 aromatic rings. The minimum absolute atomic E-state index is 0.0479. The van der Waals surface area contributed by atoms with E-state index in [1.807, 2.05) is 13.0 Å². The Balaban J connectivity index is 2.41. The summed E-state index contributed by atoms with van der Waals surface area (Å²) in [4.78, 5) is 12.8. The van der Waals surface area contributed by atoms with Crippen LogP contribution in [0, 0.1) is 18.3 Å². The number of ether oxygens (including phenoxy) is 1. The van der Waals surface area contributed by atoms with Crippen LogP contribution >= 0.6 is 0 Å². The van der Waals surface area contributed by atoms with Crippen LogP contribution in [0.5, 0.6) is 11.6 Å². The van der Waals surface area contributed by atoms with E-state index in [0.717, 1.165) is 25.0 Å². The van der Waals surface area contributed by atoms with E-state index in [0.29, 0.717) is 24.4 Å². The Morgan fingerprint density at radius 3 is 2.48 bits per heavy atom. The minimum atomic E-state index is -0.449. The Morgan fingerprint density at radius 2 is 1.89 bits per heavy atom. The summed E-state index contributed by atoms with van der Waals surface area (Å²) in [7, 11) is 0. The van der Waals surface area contributed by atoms with Crippen LogP contribution in [0.1, 0.15) is 44.2 Å². The number of nitrogens with zero attached hydrogens (tertiary/aromatic N) is 4. The van der Waals surface area contributed by atoms with Crippen molar-refractivity contribution < 1.29 is 9.84 Å². The highest BCUT2D eigenvalue weighted by molar-refractivity contribution is 5.56. The quantitative estimate of drug-likeness (QED) is 0.537. The van der Waals surface area contributed by atoms with Crippen molar-refractivity contribution in [1.29, 1.82) is 5.26 Å². The molecule has 0 unspecified atom stereocenters. The van der Waals surface area contributed by atoms with Crippen molar-refractivity contribution >= 4 is 11.4 Å². The number of pyridine rings is 1. The molecule has 142 valence electrons. The highest BCUT2D eigenvalue weighted by Gasteiger charge is 2.18. The van der Waals surface area contributed by atoms with E-state index in [4.69, 9.17) is 4.74 Å². The zero-order chi connectivity index (χ0) is 19.8. The number of hydrogen-bond acceptors (Lipinski definition) is 6. The van der Waals surface area contributed by atoms with Gasteiger partial charge >= 0.3 is 0 Å². The van der Waals surface area contributed by atoms with Crippen molar-refractivity contribution in [2.24, 2.45) is 10.2 Å². The first-order valence-electron chi connectivity index (χ1n) is 9.04. The molecule has 0 aliphatic rings. The number of unbranched alkanes of at least 4 members (excludes halogenated alkanes) is 2. The van der Waals surface area contributed by atoms with E-state index >= 15 is 0 Å². The molecule has 0 saturated heterocycles. The second-order valence-corrected chi connectivity index (χ2v) is 6.07. The van der Waals surface area contributed by atoms with Crippen LogP contribution in [-0.4, -0.2) is 16.3 Å². The normalized spacial score (nSPS) is 10.9. The number of azo groups is 1. The maximum atomic E-state index is 12.8. The molecule has 7 heteroatoms.